The van der Waals surface area contributed by atoms with Gasteiger partial charge in [0.05, 0.1) is 13.1 Å². The molecule has 1 aromatic heterocycles. The average molecular weight is 363 g/mol. The lowest BCUT2D eigenvalue weighted by molar-refractivity contribution is -0.133. The molecule has 0 atom stereocenters. The quantitative estimate of drug-likeness (QED) is 0.858. The van der Waals surface area contributed by atoms with E-state index < -0.39 is 6.67 Å². The van der Waals surface area contributed by atoms with E-state index in [-0.39, 0.29) is 23.7 Å². The van der Waals surface area contributed by atoms with Crippen molar-refractivity contribution in [1.82, 2.24) is 25.0 Å². The number of amides is 2. The van der Waals surface area contributed by atoms with Gasteiger partial charge < -0.3 is 14.8 Å². The minimum Gasteiger partial charge on any atom is -0.349 e. The zero-order chi connectivity index (χ0) is 18.1. The van der Waals surface area contributed by atoms with Crippen LogP contribution in [0, 0.1) is 5.92 Å². The topological polar surface area (TPSA) is 80.1 Å². The minimum absolute atomic E-state index is 0.0332. The first-order chi connectivity index (χ1) is 12.6. The van der Waals surface area contributed by atoms with Gasteiger partial charge in [0.1, 0.15) is 5.82 Å². The van der Waals surface area contributed by atoms with Crippen molar-refractivity contribution in [3.05, 3.63) is 11.6 Å². The van der Waals surface area contributed by atoms with E-state index in [1.165, 1.54) is 12.8 Å². The first kappa shape index (κ1) is 17.4. The van der Waals surface area contributed by atoms with Crippen LogP contribution in [0.15, 0.2) is 0 Å². The van der Waals surface area contributed by atoms with Crippen molar-refractivity contribution >= 4 is 11.8 Å². The highest BCUT2D eigenvalue weighted by molar-refractivity contribution is 5.90. The molecule has 1 N–H and O–H groups in total. The number of nitrogens with zero attached hydrogens (tertiary/aromatic N) is 4. The summed E-state index contributed by atoms with van der Waals surface area (Å²) in [6, 6.07) is 0. The number of carbonyl (C=O) groups excluding carboxylic acids is 2. The number of alkyl halides is 1. The van der Waals surface area contributed by atoms with Crippen molar-refractivity contribution < 1.29 is 14.0 Å². The van der Waals surface area contributed by atoms with E-state index >= 15 is 0 Å². The van der Waals surface area contributed by atoms with Crippen LogP contribution in [-0.4, -0.2) is 57.8 Å². The molecule has 7 nitrogen and oxygen atoms in total. The van der Waals surface area contributed by atoms with E-state index in [0.29, 0.717) is 24.8 Å². The number of aromatic nitrogens is 3. The summed E-state index contributed by atoms with van der Waals surface area (Å²) in [5.41, 5.74) is -0.118. The first-order valence-electron chi connectivity index (χ1n) is 9.68. The second-order valence-corrected chi connectivity index (χ2v) is 7.86. The molecule has 0 aromatic carbocycles. The standard InChI is InChI=1S/C18H26FN5O2/c19-8-4-14(25)23-10-6-18(7-11-23)5-1-9-24-15(21-22-17(18)24)16(26)20-12-13-2-3-13/h13H,1-12H2,(H,20,26). The third kappa shape index (κ3) is 3.21. The molecule has 8 heteroatoms. The molecular weight excluding hydrogens is 337 g/mol. The van der Waals surface area contributed by atoms with E-state index in [9.17, 15) is 14.0 Å². The average Bonchev–Trinajstić information content (AvgIpc) is 3.37. The van der Waals surface area contributed by atoms with Crippen LogP contribution in [-0.2, 0) is 16.8 Å². The lowest BCUT2D eigenvalue weighted by Gasteiger charge is -2.43. The lowest BCUT2D eigenvalue weighted by Crippen LogP contribution is -2.48. The number of piperidine rings is 1. The molecule has 1 spiro atoms. The van der Waals surface area contributed by atoms with Gasteiger partial charge in [-0.25, -0.2) is 0 Å². The SMILES string of the molecule is O=C(NCC1CC1)c1nnc2n1CCCC21CCN(C(=O)CCF)CC1. The van der Waals surface area contributed by atoms with Crippen LogP contribution in [0.4, 0.5) is 4.39 Å². The van der Waals surface area contributed by atoms with Crippen LogP contribution in [0.3, 0.4) is 0 Å². The van der Waals surface area contributed by atoms with Crippen molar-refractivity contribution in [2.24, 2.45) is 5.92 Å². The van der Waals surface area contributed by atoms with Crippen molar-refractivity contribution in [2.45, 2.75) is 56.9 Å². The molecule has 0 radical (unpaired) electrons. The number of nitrogens with one attached hydrogen (secondary N) is 1. The van der Waals surface area contributed by atoms with Gasteiger partial charge in [-0.1, -0.05) is 0 Å². The molecule has 4 rings (SSSR count). The van der Waals surface area contributed by atoms with Crippen LogP contribution in [0.25, 0.3) is 0 Å². The van der Waals surface area contributed by atoms with Crippen molar-refractivity contribution in [1.29, 1.82) is 0 Å². The van der Waals surface area contributed by atoms with E-state index in [4.69, 9.17) is 0 Å². The maximum absolute atomic E-state index is 12.5. The summed E-state index contributed by atoms with van der Waals surface area (Å²) < 4.78 is 14.4. The molecule has 2 amide bonds. The number of likely N-dealkylation sites (tertiary alicyclic amines) is 1. The van der Waals surface area contributed by atoms with Gasteiger partial charge in [0.15, 0.2) is 0 Å². The zero-order valence-electron chi connectivity index (χ0n) is 15.0. The Labute approximate surface area is 152 Å². The monoisotopic (exact) mass is 363 g/mol. The molecule has 26 heavy (non-hydrogen) atoms. The molecule has 2 aliphatic heterocycles. The van der Waals surface area contributed by atoms with Crippen LogP contribution in [0.5, 0.6) is 0 Å². The molecule has 2 fully saturated rings. The van der Waals surface area contributed by atoms with Crippen LogP contribution >= 0.6 is 0 Å². The Hall–Kier alpha value is -1.99. The molecule has 0 bridgehead atoms. The van der Waals surface area contributed by atoms with Gasteiger partial charge in [-0.15, -0.1) is 10.2 Å². The van der Waals surface area contributed by atoms with Gasteiger partial charge in [0.25, 0.3) is 5.91 Å². The number of rotatable bonds is 5. The van der Waals surface area contributed by atoms with Crippen molar-refractivity contribution in [3.63, 3.8) is 0 Å². The van der Waals surface area contributed by atoms with Gasteiger partial charge in [-0.3, -0.25) is 14.0 Å². The zero-order valence-corrected chi connectivity index (χ0v) is 15.0. The highest BCUT2D eigenvalue weighted by atomic mass is 19.1. The molecule has 1 aromatic rings. The highest BCUT2D eigenvalue weighted by Gasteiger charge is 2.43. The van der Waals surface area contributed by atoms with Crippen molar-refractivity contribution in [3.8, 4) is 0 Å². The van der Waals surface area contributed by atoms with Gasteiger partial charge in [-0.2, -0.15) is 0 Å². The van der Waals surface area contributed by atoms with Crippen LogP contribution in [0.1, 0.15) is 61.4 Å². The molecule has 3 aliphatic rings. The minimum atomic E-state index is -0.603. The summed E-state index contributed by atoms with van der Waals surface area (Å²) in [4.78, 5) is 26.2. The first-order valence-corrected chi connectivity index (χ1v) is 9.68. The highest BCUT2D eigenvalue weighted by Crippen LogP contribution is 2.42. The number of halogens is 1. The second-order valence-electron chi connectivity index (χ2n) is 7.86. The molecule has 1 saturated heterocycles. The Morgan fingerprint density at radius 1 is 1.15 bits per heavy atom. The number of hydrogen-bond acceptors (Lipinski definition) is 4. The van der Waals surface area contributed by atoms with Crippen LogP contribution in [0.2, 0.25) is 0 Å². The maximum Gasteiger partial charge on any atom is 0.289 e. The number of carbonyl (C=O) groups is 2. The maximum atomic E-state index is 12.5. The smallest absolute Gasteiger partial charge is 0.289 e. The molecular formula is C18H26FN5O2. The summed E-state index contributed by atoms with van der Waals surface area (Å²) in [7, 11) is 0. The Balaban J connectivity index is 1.47. The summed E-state index contributed by atoms with van der Waals surface area (Å²) in [6.45, 7) is 2.12. The van der Waals surface area contributed by atoms with E-state index in [0.717, 1.165) is 44.6 Å². The Kier molecular flexibility index (Phi) is 4.67. The van der Waals surface area contributed by atoms with E-state index in [1.807, 2.05) is 4.57 Å². The van der Waals surface area contributed by atoms with Crippen LogP contribution < -0.4 is 5.32 Å². The molecule has 3 heterocycles. The normalized spacial score (nSPS) is 21.5. The summed E-state index contributed by atoms with van der Waals surface area (Å²) in [5.74, 6) is 1.68. The molecule has 1 saturated carbocycles. The van der Waals surface area contributed by atoms with Crippen molar-refractivity contribution in [2.75, 3.05) is 26.3 Å². The van der Waals surface area contributed by atoms with Gasteiger partial charge >= 0.3 is 0 Å². The Morgan fingerprint density at radius 2 is 1.92 bits per heavy atom. The second kappa shape index (κ2) is 6.96. The Bertz CT molecular complexity index is 692. The Morgan fingerprint density at radius 3 is 2.62 bits per heavy atom. The number of fused-ring (bicyclic) bond motifs is 2. The predicted octanol–water partition coefficient (Wildman–Crippen LogP) is 1.43. The molecule has 0 unspecified atom stereocenters. The fourth-order valence-corrected chi connectivity index (χ4v) is 4.30. The largest absolute Gasteiger partial charge is 0.349 e. The van der Waals surface area contributed by atoms with Gasteiger partial charge in [-0.05, 0) is 44.4 Å². The third-order valence-corrected chi connectivity index (χ3v) is 6.10. The van der Waals surface area contributed by atoms with Gasteiger partial charge in [0, 0.05) is 31.6 Å². The third-order valence-electron chi connectivity index (χ3n) is 6.10. The molecule has 1 aliphatic carbocycles. The fraction of sp³-hybridized carbons (Fsp3) is 0.778. The summed E-state index contributed by atoms with van der Waals surface area (Å²) in [6.07, 6.45) is 5.93. The molecule has 142 valence electrons. The lowest BCUT2D eigenvalue weighted by atomic mass is 9.72. The fourth-order valence-electron chi connectivity index (χ4n) is 4.30. The van der Waals surface area contributed by atoms with E-state index in [1.54, 1.807) is 4.90 Å². The number of hydrogen-bond donors (Lipinski definition) is 1. The predicted molar refractivity (Wildman–Crippen MR) is 92.4 cm³/mol. The van der Waals surface area contributed by atoms with E-state index in [2.05, 4.69) is 15.5 Å². The summed E-state index contributed by atoms with van der Waals surface area (Å²) >= 11 is 0. The summed E-state index contributed by atoms with van der Waals surface area (Å²) in [5, 5.41) is 11.6. The van der Waals surface area contributed by atoms with Gasteiger partial charge in [0.2, 0.25) is 11.7 Å².